The van der Waals surface area contributed by atoms with Crippen LogP contribution in [0.25, 0.3) is 0 Å². The van der Waals surface area contributed by atoms with Gasteiger partial charge in [0, 0.05) is 38.3 Å². The largest absolute Gasteiger partial charge is 0.416 e. The summed E-state index contributed by atoms with van der Waals surface area (Å²) in [5.74, 6) is -0.0860. The number of rotatable bonds is 4. The Balaban J connectivity index is 1.32. The minimum atomic E-state index is -4.35. The van der Waals surface area contributed by atoms with E-state index in [1.54, 1.807) is 35.2 Å². The van der Waals surface area contributed by atoms with Crippen LogP contribution < -0.4 is 0 Å². The third kappa shape index (κ3) is 4.35. The lowest BCUT2D eigenvalue weighted by molar-refractivity contribution is -0.184. The van der Waals surface area contributed by atoms with E-state index in [-0.39, 0.29) is 19.1 Å². The van der Waals surface area contributed by atoms with Crippen molar-refractivity contribution in [1.82, 2.24) is 9.80 Å². The van der Waals surface area contributed by atoms with E-state index in [9.17, 15) is 23.1 Å². The molecule has 0 aliphatic carbocycles. The van der Waals surface area contributed by atoms with Crippen LogP contribution in [0.15, 0.2) is 48.5 Å². The summed E-state index contributed by atoms with van der Waals surface area (Å²) >= 11 is 0. The second kappa shape index (κ2) is 8.02. The first-order valence-corrected chi connectivity index (χ1v) is 9.83. The SMILES string of the molecule is O=C(c1ccc(C2(O)COC2)cc1)N1CCN(Cc2cccc(C(F)(F)F)c2)CC1. The Hall–Kier alpha value is -2.42. The zero-order valence-corrected chi connectivity index (χ0v) is 16.4. The quantitative estimate of drug-likeness (QED) is 0.827. The average Bonchev–Trinajstić information content (AvgIpc) is 2.72. The van der Waals surface area contributed by atoms with Crippen molar-refractivity contribution in [3.05, 3.63) is 70.8 Å². The van der Waals surface area contributed by atoms with Gasteiger partial charge in [0.15, 0.2) is 0 Å². The third-order valence-electron chi connectivity index (χ3n) is 5.67. The molecule has 0 unspecified atom stereocenters. The smallest absolute Gasteiger partial charge is 0.380 e. The predicted octanol–water partition coefficient (Wildman–Crippen LogP) is 2.88. The maximum absolute atomic E-state index is 12.9. The van der Waals surface area contributed by atoms with Crippen LogP contribution in [0.3, 0.4) is 0 Å². The Kier molecular flexibility index (Phi) is 5.57. The Morgan fingerprint density at radius 3 is 2.27 bits per heavy atom. The zero-order valence-electron chi connectivity index (χ0n) is 16.4. The highest BCUT2D eigenvalue weighted by Crippen LogP contribution is 2.30. The topological polar surface area (TPSA) is 53.0 Å². The van der Waals surface area contributed by atoms with Gasteiger partial charge in [0.2, 0.25) is 0 Å². The summed E-state index contributed by atoms with van der Waals surface area (Å²) in [5.41, 5.74) is 0.287. The van der Waals surface area contributed by atoms with Crippen LogP contribution in [0.2, 0.25) is 0 Å². The van der Waals surface area contributed by atoms with Gasteiger partial charge in [0.05, 0.1) is 18.8 Å². The number of hydrogen-bond donors (Lipinski definition) is 1. The molecular weight excluding hydrogens is 397 g/mol. The number of alkyl halides is 3. The van der Waals surface area contributed by atoms with E-state index < -0.39 is 17.3 Å². The molecule has 2 fully saturated rings. The second-order valence-corrected chi connectivity index (χ2v) is 7.87. The molecule has 0 atom stereocenters. The molecule has 5 nitrogen and oxygen atoms in total. The second-order valence-electron chi connectivity index (χ2n) is 7.87. The van der Waals surface area contributed by atoms with Crippen LogP contribution in [-0.4, -0.2) is 60.2 Å². The minimum Gasteiger partial charge on any atom is -0.380 e. The van der Waals surface area contributed by atoms with E-state index in [0.29, 0.717) is 43.9 Å². The molecule has 2 aliphatic rings. The van der Waals surface area contributed by atoms with Gasteiger partial charge in [0.1, 0.15) is 5.60 Å². The number of benzene rings is 2. The molecule has 160 valence electrons. The first-order chi connectivity index (χ1) is 14.2. The van der Waals surface area contributed by atoms with Crippen LogP contribution in [0.1, 0.15) is 27.0 Å². The zero-order chi connectivity index (χ0) is 21.4. The van der Waals surface area contributed by atoms with Crippen molar-refractivity contribution in [2.75, 3.05) is 39.4 Å². The van der Waals surface area contributed by atoms with Gasteiger partial charge in [-0.3, -0.25) is 9.69 Å². The van der Waals surface area contributed by atoms with Gasteiger partial charge in [-0.1, -0.05) is 30.3 Å². The molecule has 0 spiro atoms. The summed E-state index contributed by atoms with van der Waals surface area (Å²) in [6, 6.07) is 12.3. The van der Waals surface area contributed by atoms with E-state index >= 15 is 0 Å². The van der Waals surface area contributed by atoms with Crippen molar-refractivity contribution in [2.24, 2.45) is 0 Å². The van der Waals surface area contributed by atoms with Crippen LogP contribution >= 0.6 is 0 Å². The van der Waals surface area contributed by atoms with Gasteiger partial charge in [-0.25, -0.2) is 0 Å². The number of nitrogens with zero attached hydrogens (tertiary/aromatic N) is 2. The maximum atomic E-state index is 12.9. The van der Waals surface area contributed by atoms with Crippen molar-refractivity contribution in [3.8, 4) is 0 Å². The lowest BCUT2D eigenvalue weighted by Gasteiger charge is -2.37. The molecule has 2 aromatic rings. The van der Waals surface area contributed by atoms with Crippen LogP contribution in [-0.2, 0) is 23.1 Å². The molecule has 1 N–H and O–H groups in total. The number of carbonyl (C=O) groups is 1. The summed E-state index contributed by atoms with van der Waals surface area (Å²) in [6.07, 6.45) is -4.35. The average molecular weight is 420 g/mol. The molecular formula is C22H23F3N2O3. The Labute approximate surface area is 172 Å². The maximum Gasteiger partial charge on any atom is 0.416 e. The van der Waals surface area contributed by atoms with Crippen molar-refractivity contribution >= 4 is 5.91 Å². The predicted molar refractivity (Wildman–Crippen MR) is 104 cm³/mol. The fourth-order valence-corrected chi connectivity index (χ4v) is 3.78. The number of aliphatic hydroxyl groups is 1. The highest BCUT2D eigenvalue weighted by molar-refractivity contribution is 5.94. The molecule has 0 aromatic heterocycles. The number of carbonyl (C=O) groups excluding carboxylic acids is 1. The Bertz CT molecular complexity index is 903. The molecule has 4 rings (SSSR count). The van der Waals surface area contributed by atoms with Gasteiger partial charge < -0.3 is 14.7 Å². The number of ether oxygens (including phenoxy) is 1. The third-order valence-corrected chi connectivity index (χ3v) is 5.67. The highest BCUT2D eigenvalue weighted by Gasteiger charge is 2.38. The number of amides is 1. The standard InChI is InChI=1S/C22H23F3N2O3/c23-22(24,25)19-3-1-2-16(12-19)13-26-8-10-27(11-9-26)20(28)17-4-6-18(7-5-17)21(29)14-30-15-21/h1-7,12,29H,8-11,13-15H2. The van der Waals surface area contributed by atoms with Crippen molar-refractivity contribution in [3.63, 3.8) is 0 Å². The minimum absolute atomic E-state index is 0.0860. The fraction of sp³-hybridized carbons (Fsp3) is 0.409. The first-order valence-electron chi connectivity index (χ1n) is 9.83. The highest BCUT2D eigenvalue weighted by atomic mass is 19.4. The molecule has 2 heterocycles. The summed E-state index contributed by atoms with van der Waals surface area (Å²) in [5, 5.41) is 10.3. The number of hydrogen-bond acceptors (Lipinski definition) is 4. The molecule has 0 saturated carbocycles. The summed E-state index contributed by atoms with van der Waals surface area (Å²) in [6.45, 7) is 3.15. The Morgan fingerprint density at radius 1 is 1.03 bits per heavy atom. The van der Waals surface area contributed by atoms with Gasteiger partial charge in [-0.2, -0.15) is 13.2 Å². The molecule has 1 amide bonds. The monoisotopic (exact) mass is 420 g/mol. The summed E-state index contributed by atoms with van der Waals surface area (Å²) in [4.78, 5) is 16.6. The van der Waals surface area contributed by atoms with Gasteiger partial charge >= 0.3 is 6.18 Å². The lowest BCUT2D eigenvalue weighted by Crippen LogP contribution is -2.48. The van der Waals surface area contributed by atoms with E-state index in [4.69, 9.17) is 4.74 Å². The van der Waals surface area contributed by atoms with E-state index in [0.717, 1.165) is 11.6 Å². The summed E-state index contributed by atoms with van der Waals surface area (Å²) < 4.78 is 43.7. The van der Waals surface area contributed by atoms with Gasteiger partial charge in [0.25, 0.3) is 5.91 Å². The molecule has 8 heteroatoms. The number of piperazine rings is 1. The van der Waals surface area contributed by atoms with Gasteiger partial charge in [-0.15, -0.1) is 0 Å². The lowest BCUT2D eigenvalue weighted by atomic mass is 9.91. The molecule has 2 saturated heterocycles. The molecule has 0 radical (unpaired) electrons. The van der Waals surface area contributed by atoms with Gasteiger partial charge in [-0.05, 0) is 29.3 Å². The van der Waals surface area contributed by atoms with E-state index in [1.165, 1.54) is 12.1 Å². The Morgan fingerprint density at radius 2 is 1.70 bits per heavy atom. The number of halogens is 3. The van der Waals surface area contributed by atoms with E-state index in [2.05, 4.69) is 4.90 Å². The normalized spacial score (nSPS) is 19.4. The molecule has 30 heavy (non-hydrogen) atoms. The van der Waals surface area contributed by atoms with Crippen molar-refractivity contribution in [1.29, 1.82) is 0 Å². The molecule has 2 aliphatic heterocycles. The van der Waals surface area contributed by atoms with Crippen molar-refractivity contribution in [2.45, 2.75) is 18.3 Å². The van der Waals surface area contributed by atoms with Crippen LogP contribution in [0.5, 0.6) is 0 Å². The summed E-state index contributed by atoms with van der Waals surface area (Å²) in [7, 11) is 0. The fourth-order valence-electron chi connectivity index (χ4n) is 3.78. The van der Waals surface area contributed by atoms with E-state index in [1.807, 2.05) is 0 Å². The van der Waals surface area contributed by atoms with Crippen molar-refractivity contribution < 1.29 is 27.8 Å². The molecule has 0 bridgehead atoms. The van der Waals surface area contributed by atoms with Crippen LogP contribution in [0, 0.1) is 0 Å². The first kappa shape index (κ1) is 20.8. The van der Waals surface area contributed by atoms with Crippen LogP contribution in [0.4, 0.5) is 13.2 Å². The molecule has 2 aromatic carbocycles.